The summed E-state index contributed by atoms with van der Waals surface area (Å²) < 4.78 is 0. The van der Waals surface area contributed by atoms with Crippen molar-refractivity contribution in [3.63, 3.8) is 0 Å². The van der Waals surface area contributed by atoms with Gasteiger partial charge in [0, 0.05) is 31.2 Å². The van der Waals surface area contributed by atoms with Crippen LogP contribution in [-0.4, -0.2) is 29.6 Å². The fourth-order valence-corrected chi connectivity index (χ4v) is 3.28. The summed E-state index contributed by atoms with van der Waals surface area (Å²) in [4.78, 5) is 2.70. The van der Waals surface area contributed by atoms with Crippen molar-refractivity contribution >= 4 is 0 Å². The van der Waals surface area contributed by atoms with Gasteiger partial charge >= 0.3 is 0 Å². The largest absolute Gasteiger partial charge is 0.311 e. The summed E-state index contributed by atoms with van der Waals surface area (Å²) >= 11 is 0. The van der Waals surface area contributed by atoms with E-state index in [1.54, 1.807) is 0 Å². The van der Waals surface area contributed by atoms with Gasteiger partial charge in [0.1, 0.15) is 0 Å². The quantitative estimate of drug-likeness (QED) is 0.893. The van der Waals surface area contributed by atoms with Crippen LogP contribution < -0.4 is 5.32 Å². The summed E-state index contributed by atoms with van der Waals surface area (Å²) in [6.45, 7) is 12.5. The van der Waals surface area contributed by atoms with Gasteiger partial charge in [-0.1, -0.05) is 43.7 Å². The molecular formula is C17H28N2. The lowest BCUT2D eigenvalue weighted by Crippen LogP contribution is -2.63. The van der Waals surface area contributed by atoms with E-state index in [4.69, 9.17) is 0 Å². The molecule has 0 spiro atoms. The van der Waals surface area contributed by atoms with Gasteiger partial charge in [0.15, 0.2) is 0 Å². The average molecular weight is 260 g/mol. The Morgan fingerprint density at radius 2 is 2.05 bits per heavy atom. The van der Waals surface area contributed by atoms with Crippen molar-refractivity contribution in [2.24, 2.45) is 0 Å². The van der Waals surface area contributed by atoms with Crippen molar-refractivity contribution in [2.75, 3.05) is 13.1 Å². The molecule has 1 unspecified atom stereocenters. The van der Waals surface area contributed by atoms with Crippen LogP contribution in [0, 0.1) is 6.92 Å². The van der Waals surface area contributed by atoms with E-state index in [1.807, 2.05) is 0 Å². The molecule has 1 aliphatic heterocycles. The molecule has 2 heteroatoms. The molecule has 0 bridgehead atoms. The number of nitrogens with zero attached hydrogens (tertiary/aromatic N) is 1. The van der Waals surface area contributed by atoms with Crippen LogP contribution in [0.15, 0.2) is 24.3 Å². The second-order valence-corrected chi connectivity index (χ2v) is 6.08. The summed E-state index contributed by atoms with van der Waals surface area (Å²) in [5, 5.41) is 3.66. The zero-order valence-corrected chi connectivity index (χ0v) is 12.9. The smallest absolute Gasteiger partial charge is 0.0333 e. The van der Waals surface area contributed by atoms with Gasteiger partial charge in [-0.25, -0.2) is 0 Å². The summed E-state index contributed by atoms with van der Waals surface area (Å²) in [5.74, 6) is 0. The van der Waals surface area contributed by atoms with Crippen molar-refractivity contribution in [3.8, 4) is 0 Å². The van der Waals surface area contributed by atoms with Gasteiger partial charge in [0.2, 0.25) is 0 Å². The third kappa shape index (κ3) is 3.18. The molecule has 0 radical (unpaired) electrons. The van der Waals surface area contributed by atoms with E-state index in [0.717, 1.165) is 19.6 Å². The van der Waals surface area contributed by atoms with Crippen molar-refractivity contribution in [2.45, 2.75) is 58.7 Å². The van der Waals surface area contributed by atoms with Crippen molar-refractivity contribution < 1.29 is 0 Å². The molecule has 2 nitrogen and oxygen atoms in total. The number of rotatable bonds is 4. The predicted octanol–water partition coefficient (Wildman–Crippen LogP) is 3.35. The molecule has 0 amide bonds. The molecule has 0 aromatic heterocycles. The highest BCUT2D eigenvalue weighted by molar-refractivity contribution is 5.22. The third-order valence-electron chi connectivity index (χ3n) is 4.72. The Morgan fingerprint density at radius 1 is 1.32 bits per heavy atom. The third-order valence-corrected chi connectivity index (χ3v) is 4.72. The summed E-state index contributed by atoms with van der Waals surface area (Å²) in [7, 11) is 0. The van der Waals surface area contributed by atoms with Crippen LogP contribution in [0.2, 0.25) is 0 Å². The van der Waals surface area contributed by atoms with Gasteiger partial charge in [0.25, 0.3) is 0 Å². The Balaban J connectivity index is 2.18. The molecule has 106 valence electrons. The number of piperazine rings is 1. The summed E-state index contributed by atoms with van der Waals surface area (Å²) in [6.07, 6.45) is 2.43. The molecule has 19 heavy (non-hydrogen) atoms. The Labute approximate surface area is 118 Å². The van der Waals surface area contributed by atoms with E-state index in [9.17, 15) is 0 Å². The van der Waals surface area contributed by atoms with Crippen molar-refractivity contribution in [1.29, 1.82) is 0 Å². The van der Waals surface area contributed by atoms with E-state index in [-0.39, 0.29) is 0 Å². The number of aryl methyl sites for hydroxylation is 1. The zero-order valence-electron chi connectivity index (χ0n) is 12.9. The predicted molar refractivity (Wildman–Crippen MR) is 82.4 cm³/mol. The van der Waals surface area contributed by atoms with E-state index < -0.39 is 0 Å². The van der Waals surface area contributed by atoms with Crippen LogP contribution in [0.3, 0.4) is 0 Å². The van der Waals surface area contributed by atoms with Gasteiger partial charge in [-0.2, -0.15) is 0 Å². The number of hydrogen-bond donors (Lipinski definition) is 1. The lowest BCUT2D eigenvalue weighted by atomic mass is 9.87. The van der Waals surface area contributed by atoms with Crippen molar-refractivity contribution in [1.82, 2.24) is 10.2 Å². The average Bonchev–Trinajstić information content (AvgIpc) is 2.40. The summed E-state index contributed by atoms with van der Waals surface area (Å²) in [6, 6.07) is 9.53. The van der Waals surface area contributed by atoms with Crippen LogP contribution in [0.5, 0.6) is 0 Å². The fraction of sp³-hybridized carbons (Fsp3) is 0.647. The molecule has 1 atom stereocenters. The molecule has 1 saturated heterocycles. The molecule has 2 rings (SSSR count). The molecule has 1 aromatic rings. The van der Waals surface area contributed by atoms with E-state index >= 15 is 0 Å². The maximum atomic E-state index is 3.66. The van der Waals surface area contributed by atoms with Gasteiger partial charge in [-0.05, 0) is 32.3 Å². The highest BCUT2D eigenvalue weighted by Gasteiger charge is 2.37. The molecule has 1 N–H and O–H groups in total. The van der Waals surface area contributed by atoms with E-state index in [2.05, 4.69) is 62.2 Å². The van der Waals surface area contributed by atoms with Crippen LogP contribution in [0.4, 0.5) is 0 Å². The topological polar surface area (TPSA) is 15.3 Å². The SMILES string of the molecule is CCC1(CC)CNC(C)CN1Cc1cccc(C)c1. The van der Waals surface area contributed by atoms with Crippen molar-refractivity contribution in [3.05, 3.63) is 35.4 Å². The Bertz CT molecular complexity index is 409. The number of hydrogen-bond acceptors (Lipinski definition) is 2. The minimum atomic E-state index is 0.330. The van der Waals surface area contributed by atoms with Gasteiger partial charge in [-0.15, -0.1) is 0 Å². The number of nitrogens with one attached hydrogen (secondary N) is 1. The Kier molecular flexibility index (Phi) is 4.64. The first-order chi connectivity index (χ1) is 9.09. The standard InChI is InChI=1S/C17H28N2/c1-5-17(6-2)13-18-15(4)11-19(17)12-16-9-7-8-14(3)10-16/h7-10,15,18H,5-6,11-13H2,1-4H3. The van der Waals surface area contributed by atoms with Crippen LogP contribution in [0.25, 0.3) is 0 Å². The van der Waals surface area contributed by atoms with Crippen LogP contribution in [0.1, 0.15) is 44.7 Å². The minimum Gasteiger partial charge on any atom is -0.311 e. The Morgan fingerprint density at radius 3 is 2.68 bits per heavy atom. The fourth-order valence-electron chi connectivity index (χ4n) is 3.28. The van der Waals surface area contributed by atoms with Crippen LogP contribution in [-0.2, 0) is 6.54 Å². The molecule has 1 aliphatic rings. The maximum absolute atomic E-state index is 3.66. The molecule has 1 fully saturated rings. The van der Waals surface area contributed by atoms with Gasteiger partial charge < -0.3 is 5.32 Å². The Hall–Kier alpha value is -0.860. The molecule has 0 saturated carbocycles. The lowest BCUT2D eigenvalue weighted by Gasteiger charge is -2.49. The summed E-state index contributed by atoms with van der Waals surface area (Å²) in [5.41, 5.74) is 3.13. The maximum Gasteiger partial charge on any atom is 0.0333 e. The second-order valence-electron chi connectivity index (χ2n) is 6.08. The highest BCUT2D eigenvalue weighted by Crippen LogP contribution is 2.28. The van der Waals surface area contributed by atoms with E-state index in [0.29, 0.717) is 11.6 Å². The zero-order chi connectivity index (χ0) is 13.9. The van der Waals surface area contributed by atoms with Gasteiger partial charge in [-0.3, -0.25) is 4.90 Å². The first-order valence-electron chi connectivity index (χ1n) is 7.63. The molecule has 1 heterocycles. The number of benzene rings is 1. The highest BCUT2D eigenvalue weighted by atomic mass is 15.3. The first-order valence-corrected chi connectivity index (χ1v) is 7.63. The van der Waals surface area contributed by atoms with Crippen LogP contribution >= 0.6 is 0 Å². The minimum absolute atomic E-state index is 0.330. The van der Waals surface area contributed by atoms with E-state index in [1.165, 1.54) is 24.0 Å². The monoisotopic (exact) mass is 260 g/mol. The molecule has 0 aliphatic carbocycles. The second kappa shape index (κ2) is 6.06. The molecule has 1 aromatic carbocycles. The lowest BCUT2D eigenvalue weighted by molar-refractivity contribution is 0.0278. The first kappa shape index (κ1) is 14.5. The van der Waals surface area contributed by atoms with Gasteiger partial charge in [0.05, 0.1) is 0 Å². The molecular weight excluding hydrogens is 232 g/mol. The normalized spacial score (nSPS) is 23.5.